The second-order valence-electron chi connectivity index (χ2n) is 4.35. The lowest BCUT2D eigenvalue weighted by molar-refractivity contribution is 0.0954. The molecule has 0 saturated carbocycles. The normalized spacial score (nSPS) is 10.3. The Balaban J connectivity index is 0.00000200. The molecule has 6 nitrogen and oxygen atoms in total. The quantitative estimate of drug-likeness (QED) is 0.793. The van der Waals surface area contributed by atoms with Gasteiger partial charge in [-0.15, -0.1) is 12.4 Å². The zero-order valence-corrected chi connectivity index (χ0v) is 12.4. The summed E-state index contributed by atoms with van der Waals surface area (Å²) in [5, 5.41) is 10.7. The van der Waals surface area contributed by atoms with Gasteiger partial charge >= 0.3 is 0 Å². The zero-order valence-electron chi connectivity index (χ0n) is 11.6. The van der Waals surface area contributed by atoms with Gasteiger partial charge < -0.3 is 15.2 Å². The molecular weight excluding hydrogens is 280 g/mol. The van der Waals surface area contributed by atoms with E-state index in [1.54, 1.807) is 6.07 Å². The number of fused-ring (bicyclic) bond motifs is 1. The molecule has 0 fully saturated rings. The van der Waals surface area contributed by atoms with Crippen molar-refractivity contribution >= 4 is 29.4 Å². The molecule has 0 saturated heterocycles. The smallest absolute Gasteiger partial charge is 0.257 e. The molecule has 0 aliphatic carbocycles. The maximum atomic E-state index is 11.9. The fourth-order valence-corrected chi connectivity index (χ4v) is 1.74. The number of hydrogen-bond donors (Lipinski definition) is 2. The van der Waals surface area contributed by atoms with Crippen LogP contribution in [0, 0.1) is 6.92 Å². The first kappa shape index (κ1) is 16.4. The standard InChI is InChI=1S/C13H18N4O2.ClH/c1-3-4-14-5-6-15-12(18)10-7-11-9(2)17-19-13(11)16-8-10;/h7-8,14H,3-6H2,1-2H3,(H,15,18);1H. The number of nitrogens with zero attached hydrogens (tertiary/aromatic N) is 2. The van der Waals surface area contributed by atoms with Gasteiger partial charge in [0.15, 0.2) is 0 Å². The maximum Gasteiger partial charge on any atom is 0.257 e. The summed E-state index contributed by atoms with van der Waals surface area (Å²) in [4.78, 5) is 16.0. The van der Waals surface area contributed by atoms with Gasteiger partial charge in [0.2, 0.25) is 0 Å². The Morgan fingerprint density at radius 1 is 1.35 bits per heavy atom. The Morgan fingerprint density at radius 3 is 2.90 bits per heavy atom. The summed E-state index contributed by atoms with van der Waals surface area (Å²) < 4.78 is 5.01. The highest BCUT2D eigenvalue weighted by atomic mass is 35.5. The largest absolute Gasteiger partial charge is 0.351 e. The Bertz CT molecular complexity index is 570. The van der Waals surface area contributed by atoms with Crippen LogP contribution < -0.4 is 10.6 Å². The van der Waals surface area contributed by atoms with Crippen LogP contribution in [0.2, 0.25) is 0 Å². The van der Waals surface area contributed by atoms with E-state index in [1.165, 1.54) is 6.20 Å². The van der Waals surface area contributed by atoms with Crippen LogP contribution in [0.25, 0.3) is 11.1 Å². The molecule has 0 spiro atoms. The maximum absolute atomic E-state index is 11.9. The molecule has 2 N–H and O–H groups in total. The Morgan fingerprint density at radius 2 is 2.15 bits per heavy atom. The number of aryl methyl sites for hydroxylation is 1. The number of carbonyl (C=O) groups is 1. The minimum Gasteiger partial charge on any atom is -0.351 e. The van der Waals surface area contributed by atoms with E-state index in [9.17, 15) is 4.79 Å². The Labute approximate surface area is 123 Å². The number of rotatable bonds is 6. The van der Waals surface area contributed by atoms with Crippen molar-refractivity contribution in [1.29, 1.82) is 0 Å². The minimum absolute atomic E-state index is 0. The first-order valence-corrected chi connectivity index (χ1v) is 6.43. The fraction of sp³-hybridized carbons (Fsp3) is 0.462. The minimum atomic E-state index is -0.131. The van der Waals surface area contributed by atoms with Crippen LogP contribution in [0.5, 0.6) is 0 Å². The van der Waals surface area contributed by atoms with Gasteiger partial charge in [0.1, 0.15) is 0 Å². The lowest BCUT2D eigenvalue weighted by atomic mass is 10.2. The van der Waals surface area contributed by atoms with Crippen LogP contribution in [-0.4, -0.2) is 35.7 Å². The average Bonchev–Trinajstić information content (AvgIpc) is 2.79. The van der Waals surface area contributed by atoms with E-state index >= 15 is 0 Å². The van der Waals surface area contributed by atoms with Crippen molar-refractivity contribution in [2.75, 3.05) is 19.6 Å². The van der Waals surface area contributed by atoms with Crippen LogP contribution in [0.1, 0.15) is 29.4 Å². The summed E-state index contributed by atoms with van der Waals surface area (Å²) in [7, 11) is 0. The van der Waals surface area contributed by atoms with Crippen molar-refractivity contribution < 1.29 is 9.32 Å². The number of hydrogen-bond acceptors (Lipinski definition) is 5. The van der Waals surface area contributed by atoms with Gasteiger partial charge in [-0.25, -0.2) is 4.98 Å². The highest BCUT2D eigenvalue weighted by Crippen LogP contribution is 2.16. The van der Waals surface area contributed by atoms with E-state index < -0.39 is 0 Å². The Hall–Kier alpha value is -1.66. The van der Waals surface area contributed by atoms with E-state index in [2.05, 4.69) is 27.7 Å². The van der Waals surface area contributed by atoms with Crippen molar-refractivity contribution in [2.45, 2.75) is 20.3 Å². The average molecular weight is 299 g/mol. The highest BCUT2D eigenvalue weighted by Gasteiger charge is 2.10. The van der Waals surface area contributed by atoms with Crippen molar-refractivity contribution in [2.24, 2.45) is 0 Å². The molecule has 2 aromatic heterocycles. The molecule has 20 heavy (non-hydrogen) atoms. The first-order chi connectivity index (χ1) is 9.22. The molecule has 0 bridgehead atoms. The third-order valence-corrected chi connectivity index (χ3v) is 2.79. The molecular formula is C13H19ClN4O2. The summed E-state index contributed by atoms with van der Waals surface area (Å²) in [6.07, 6.45) is 2.59. The molecule has 110 valence electrons. The second-order valence-corrected chi connectivity index (χ2v) is 4.35. The fourth-order valence-electron chi connectivity index (χ4n) is 1.74. The van der Waals surface area contributed by atoms with Crippen LogP contribution in [0.3, 0.4) is 0 Å². The number of halogens is 1. The molecule has 2 aromatic rings. The monoisotopic (exact) mass is 298 g/mol. The van der Waals surface area contributed by atoms with E-state index in [1.807, 2.05) is 6.92 Å². The molecule has 0 unspecified atom stereocenters. The van der Waals surface area contributed by atoms with Gasteiger partial charge in [-0.1, -0.05) is 12.1 Å². The Kier molecular flexibility index (Phi) is 6.41. The molecule has 0 aromatic carbocycles. The molecule has 0 atom stereocenters. The summed E-state index contributed by atoms with van der Waals surface area (Å²) in [5.41, 5.74) is 1.72. The molecule has 0 aliphatic rings. The van der Waals surface area contributed by atoms with Gasteiger partial charge in [0.05, 0.1) is 16.6 Å². The lowest BCUT2D eigenvalue weighted by Crippen LogP contribution is -2.32. The number of pyridine rings is 1. The summed E-state index contributed by atoms with van der Waals surface area (Å²) in [5.74, 6) is -0.131. The predicted octanol–water partition coefficient (Wildman–Crippen LogP) is 1.68. The topological polar surface area (TPSA) is 80.0 Å². The van der Waals surface area contributed by atoms with E-state index in [0.717, 1.165) is 30.6 Å². The van der Waals surface area contributed by atoms with Crippen molar-refractivity contribution in [1.82, 2.24) is 20.8 Å². The molecule has 0 radical (unpaired) electrons. The van der Waals surface area contributed by atoms with Crippen LogP contribution >= 0.6 is 12.4 Å². The van der Waals surface area contributed by atoms with Gasteiger partial charge in [-0.3, -0.25) is 4.79 Å². The third kappa shape index (κ3) is 3.91. The number of nitrogens with one attached hydrogen (secondary N) is 2. The lowest BCUT2D eigenvalue weighted by Gasteiger charge is -2.05. The van der Waals surface area contributed by atoms with Gasteiger partial charge in [0, 0.05) is 19.3 Å². The van der Waals surface area contributed by atoms with Gasteiger partial charge in [-0.2, -0.15) is 0 Å². The highest BCUT2D eigenvalue weighted by molar-refractivity contribution is 5.96. The third-order valence-electron chi connectivity index (χ3n) is 2.79. The first-order valence-electron chi connectivity index (χ1n) is 6.43. The molecule has 0 aliphatic heterocycles. The molecule has 7 heteroatoms. The SMILES string of the molecule is CCCNCCNC(=O)c1cnc2onc(C)c2c1.Cl. The van der Waals surface area contributed by atoms with Crippen LogP contribution in [0.4, 0.5) is 0 Å². The summed E-state index contributed by atoms with van der Waals surface area (Å²) in [6.45, 7) is 6.25. The van der Waals surface area contributed by atoms with Crippen LogP contribution in [0.15, 0.2) is 16.8 Å². The zero-order chi connectivity index (χ0) is 13.7. The molecule has 1 amide bonds. The van der Waals surface area contributed by atoms with Crippen molar-refractivity contribution in [3.8, 4) is 0 Å². The van der Waals surface area contributed by atoms with Crippen LogP contribution in [-0.2, 0) is 0 Å². The van der Waals surface area contributed by atoms with E-state index in [0.29, 0.717) is 17.8 Å². The van der Waals surface area contributed by atoms with Gasteiger partial charge in [-0.05, 0) is 26.0 Å². The van der Waals surface area contributed by atoms with Crippen molar-refractivity contribution in [3.63, 3.8) is 0 Å². The summed E-state index contributed by atoms with van der Waals surface area (Å²) in [6, 6.07) is 1.75. The number of aromatic nitrogens is 2. The summed E-state index contributed by atoms with van der Waals surface area (Å²) >= 11 is 0. The number of amides is 1. The van der Waals surface area contributed by atoms with Crippen molar-refractivity contribution in [3.05, 3.63) is 23.5 Å². The second kappa shape index (κ2) is 7.81. The van der Waals surface area contributed by atoms with E-state index in [-0.39, 0.29) is 18.3 Å². The number of carbonyl (C=O) groups excluding carboxylic acids is 1. The predicted molar refractivity (Wildman–Crippen MR) is 79.3 cm³/mol. The van der Waals surface area contributed by atoms with E-state index in [4.69, 9.17) is 4.52 Å². The molecule has 2 heterocycles. The molecule has 2 rings (SSSR count). The van der Waals surface area contributed by atoms with Gasteiger partial charge in [0.25, 0.3) is 11.6 Å².